The molecule has 1 aromatic heterocycles. The fourth-order valence-corrected chi connectivity index (χ4v) is 3.78. The highest BCUT2D eigenvalue weighted by Gasteiger charge is 2.39. The first-order chi connectivity index (χ1) is 14.0. The smallest absolute Gasteiger partial charge is 0.433 e. The van der Waals surface area contributed by atoms with Gasteiger partial charge in [0.25, 0.3) is 0 Å². The molecule has 2 heterocycles. The van der Waals surface area contributed by atoms with Crippen LogP contribution in [0.4, 0.5) is 13.2 Å². The van der Waals surface area contributed by atoms with Gasteiger partial charge in [0.15, 0.2) is 0 Å². The minimum Gasteiger partial charge on any atom is -0.508 e. The highest BCUT2D eigenvalue weighted by molar-refractivity contribution is 6.76. The molecule has 2 aromatic rings. The minimum atomic E-state index is -4.50. The molecule has 1 N–H and O–H groups in total. The van der Waals surface area contributed by atoms with Gasteiger partial charge in [0.2, 0.25) is 0 Å². The average Bonchev–Trinajstić information content (AvgIpc) is 3.10. The standard InChI is InChI=1S/C22H25F3N2O2Si/c1-30(2,3)11-10-29-14-17-12-20(22(23,24)25)27-21(17)16-6-9-19(26-13-16)15-4-7-18(28)8-5-15/h4-9,12-13,17,28H,10-11,14H2,1-3H3. The molecular formula is C22H25F3N2O2Si. The fourth-order valence-electron chi connectivity index (χ4n) is 3.02. The molecular weight excluding hydrogens is 409 g/mol. The minimum absolute atomic E-state index is 0.151. The van der Waals surface area contributed by atoms with E-state index in [1.54, 1.807) is 36.4 Å². The highest BCUT2D eigenvalue weighted by Crippen LogP contribution is 2.34. The Labute approximate surface area is 175 Å². The lowest BCUT2D eigenvalue weighted by atomic mass is 9.99. The summed E-state index contributed by atoms with van der Waals surface area (Å²) in [5, 5.41) is 9.40. The van der Waals surface area contributed by atoms with E-state index in [0.717, 1.165) is 17.7 Å². The van der Waals surface area contributed by atoms with Gasteiger partial charge >= 0.3 is 6.18 Å². The van der Waals surface area contributed by atoms with E-state index >= 15 is 0 Å². The zero-order valence-corrected chi connectivity index (χ0v) is 18.2. The molecule has 0 fully saturated rings. The number of nitrogens with zero attached hydrogens (tertiary/aromatic N) is 2. The SMILES string of the molecule is C[Si](C)(C)CCOCC1C=C(C(F)(F)F)N=C1c1ccc(-c2ccc(O)cc2)nc1. The largest absolute Gasteiger partial charge is 0.508 e. The Balaban J connectivity index is 1.77. The summed E-state index contributed by atoms with van der Waals surface area (Å²) in [6, 6.07) is 11.0. The molecule has 0 amide bonds. The van der Waals surface area contributed by atoms with E-state index in [2.05, 4.69) is 29.6 Å². The molecule has 1 aliphatic rings. The number of benzene rings is 1. The molecule has 30 heavy (non-hydrogen) atoms. The Hall–Kier alpha value is -2.45. The molecule has 1 aliphatic heterocycles. The Morgan fingerprint density at radius 2 is 1.70 bits per heavy atom. The summed E-state index contributed by atoms with van der Waals surface area (Å²) in [6.45, 7) is 7.36. The number of halogens is 3. The lowest BCUT2D eigenvalue weighted by molar-refractivity contribution is -0.0922. The van der Waals surface area contributed by atoms with Crippen LogP contribution < -0.4 is 0 Å². The summed E-state index contributed by atoms with van der Waals surface area (Å²) in [5.74, 6) is -0.414. The van der Waals surface area contributed by atoms with Crippen LogP contribution >= 0.6 is 0 Å². The zero-order chi connectivity index (χ0) is 21.9. The molecule has 0 aliphatic carbocycles. The molecule has 160 valence electrons. The molecule has 8 heteroatoms. The average molecular weight is 435 g/mol. The number of allylic oxidation sites excluding steroid dienone is 1. The Bertz CT molecular complexity index is 931. The number of aromatic nitrogens is 1. The number of aromatic hydroxyl groups is 1. The molecule has 0 spiro atoms. The highest BCUT2D eigenvalue weighted by atomic mass is 28.3. The predicted molar refractivity (Wildman–Crippen MR) is 114 cm³/mol. The van der Waals surface area contributed by atoms with Crippen LogP contribution in [0, 0.1) is 5.92 Å². The second kappa shape index (κ2) is 8.73. The number of alkyl halides is 3. The van der Waals surface area contributed by atoms with Crippen LogP contribution in [0.1, 0.15) is 5.56 Å². The number of ether oxygens (including phenoxy) is 1. The van der Waals surface area contributed by atoms with E-state index < -0.39 is 25.9 Å². The third-order valence-corrected chi connectivity index (χ3v) is 6.46. The number of pyridine rings is 1. The fraction of sp³-hybridized carbons (Fsp3) is 0.364. The summed E-state index contributed by atoms with van der Waals surface area (Å²) < 4.78 is 45.4. The van der Waals surface area contributed by atoms with Crippen LogP contribution in [0.5, 0.6) is 5.75 Å². The lowest BCUT2D eigenvalue weighted by Gasteiger charge is -2.17. The van der Waals surface area contributed by atoms with Crippen LogP contribution in [-0.4, -0.2) is 43.3 Å². The van der Waals surface area contributed by atoms with E-state index in [1.165, 1.54) is 6.20 Å². The molecule has 0 bridgehead atoms. The van der Waals surface area contributed by atoms with E-state index in [0.29, 0.717) is 23.6 Å². The van der Waals surface area contributed by atoms with E-state index in [1.807, 2.05) is 0 Å². The second-order valence-electron chi connectivity index (χ2n) is 8.52. The quantitative estimate of drug-likeness (QED) is 0.451. The summed E-state index contributed by atoms with van der Waals surface area (Å²) in [4.78, 5) is 8.23. The van der Waals surface area contributed by atoms with Gasteiger partial charge in [-0.2, -0.15) is 13.2 Å². The number of hydrogen-bond donors (Lipinski definition) is 1. The predicted octanol–water partition coefficient (Wildman–Crippen LogP) is 5.67. The van der Waals surface area contributed by atoms with Crippen molar-refractivity contribution in [2.75, 3.05) is 13.2 Å². The Morgan fingerprint density at radius 1 is 1.03 bits per heavy atom. The number of rotatable bonds is 7. The molecule has 0 radical (unpaired) electrons. The van der Waals surface area contributed by atoms with Crippen molar-refractivity contribution in [1.82, 2.24) is 4.98 Å². The lowest BCUT2D eigenvalue weighted by Crippen LogP contribution is -2.23. The summed E-state index contributed by atoms with van der Waals surface area (Å²) in [6.07, 6.45) is -1.83. The summed E-state index contributed by atoms with van der Waals surface area (Å²) in [5.41, 5.74) is 1.42. The summed E-state index contributed by atoms with van der Waals surface area (Å²) >= 11 is 0. The van der Waals surface area contributed by atoms with Crippen molar-refractivity contribution in [3.63, 3.8) is 0 Å². The van der Waals surface area contributed by atoms with Crippen molar-refractivity contribution in [2.45, 2.75) is 31.9 Å². The number of phenolic OH excluding ortho intramolecular Hbond substituents is 1. The number of hydrogen-bond acceptors (Lipinski definition) is 4. The molecule has 1 atom stereocenters. The molecule has 4 nitrogen and oxygen atoms in total. The maximum absolute atomic E-state index is 13.2. The normalized spacial score (nSPS) is 17.1. The van der Waals surface area contributed by atoms with Crippen molar-refractivity contribution in [3.05, 3.63) is 59.9 Å². The van der Waals surface area contributed by atoms with Gasteiger partial charge < -0.3 is 9.84 Å². The first-order valence-electron chi connectivity index (χ1n) is 9.74. The van der Waals surface area contributed by atoms with Crippen molar-refractivity contribution >= 4 is 13.8 Å². The Morgan fingerprint density at radius 3 is 2.27 bits per heavy atom. The van der Waals surface area contributed by atoms with Gasteiger partial charge in [-0.1, -0.05) is 19.6 Å². The van der Waals surface area contributed by atoms with Gasteiger partial charge in [0.05, 0.1) is 18.0 Å². The molecule has 1 aromatic carbocycles. The van der Waals surface area contributed by atoms with E-state index in [-0.39, 0.29) is 12.4 Å². The van der Waals surface area contributed by atoms with Crippen LogP contribution in [0.15, 0.2) is 59.4 Å². The van der Waals surface area contributed by atoms with Gasteiger partial charge in [-0.3, -0.25) is 4.98 Å². The maximum atomic E-state index is 13.2. The molecule has 1 unspecified atom stereocenters. The molecule has 0 saturated carbocycles. The van der Waals surface area contributed by atoms with Crippen molar-refractivity contribution in [2.24, 2.45) is 10.9 Å². The van der Waals surface area contributed by atoms with E-state index in [4.69, 9.17) is 4.74 Å². The van der Waals surface area contributed by atoms with Gasteiger partial charge in [-0.25, -0.2) is 4.99 Å². The van der Waals surface area contributed by atoms with Crippen molar-refractivity contribution in [1.29, 1.82) is 0 Å². The number of aliphatic imine (C=N–C) groups is 1. The van der Waals surface area contributed by atoms with Crippen LogP contribution in [0.2, 0.25) is 25.7 Å². The first-order valence-corrected chi connectivity index (χ1v) is 13.4. The Kier molecular flexibility index (Phi) is 6.47. The van der Waals surface area contributed by atoms with Gasteiger partial charge in [-0.05, 0) is 48.5 Å². The zero-order valence-electron chi connectivity index (χ0n) is 17.2. The maximum Gasteiger partial charge on any atom is 0.433 e. The third kappa shape index (κ3) is 5.79. The monoisotopic (exact) mass is 434 g/mol. The number of phenols is 1. The van der Waals surface area contributed by atoms with Gasteiger partial charge in [0, 0.05) is 37.9 Å². The van der Waals surface area contributed by atoms with Crippen LogP contribution in [0.3, 0.4) is 0 Å². The topological polar surface area (TPSA) is 54.7 Å². The van der Waals surface area contributed by atoms with Gasteiger partial charge in [-0.15, -0.1) is 0 Å². The van der Waals surface area contributed by atoms with Crippen LogP contribution in [0.25, 0.3) is 11.3 Å². The molecule has 3 rings (SSSR count). The van der Waals surface area contributed by atoms with Crippen LogP contribution in [-0.2, 0) is 4.74 Å². The second-order valence-corrected chi connectivity index (χ2v) is 14.1. The molecule has 0 saturated heterocycles. The van der Waals surface area contributed by atoms with E-state index in [9.17, 15) is 18.3 Å². The van der Waals surface area contributed by atoms with Crippen molar-refractivity contribution in [3.8, 4) is 17.0 Å². The third-order valence-electron chi connectivity index (χ3n) is 4.76. The van der Waals surface area contributed by atoms with Crippen molar-refractivity contribution < 1.29 is 23.0 Å². The summed E-state index contributed by atoms with van der Waals surface area (Å²) in [7, 11) is -1.28. The van der Waals surface area contributed by atoms with Gasteiger partial charge in [0.1, 0.15) is 11.4 Å². The first kappa shape index (κ1) is 22.2.